The minimum atomic E-state index is 0.248. The molecular formula is C15H23N3O3. The minimum absolute atomic E-state index is 0.248. The predicted molar refractivity (Wildman–Crippen MR) is 82.9 cm³/mol. The number of aliphatic imine (C=N–C) groups is 1. The summed E-state index contributed by atoms with van der Waals surface area (Å²) in [6.07, 6.45) is 2.07. The van der Waals surface area contributed by atoms with Gasteiger partial charge in [-0.15, -0.1) is 0 Å². The Balaban J connectivity index is 1.68. The van der Waals surface area contributed by atoms with Crippen molar-refractivity contribution in [1.82, 2.24) is 0 Å². The summed E-state index contributed by atoms with van der Waals surface area (Å²) in [5, 5.41) is 3.04. The van der Waals surface area contributed by atoms with Gasteiger partial charge in [-0.3, -0.25) is 4.99 Å². The molecule has 21 heavy (non-hydrogen) atoms. The maximum atomic E-state index is 5.86. The first kappa shape index (κ1) is 15.6. The number of hydrogen-bond acceptors (Lipinski definition) is 4. The summed E-state index contributed by atoms with van der Waals surface area (Å²) in [5.74, 6) is 1.11. The van der Waals surface area contributed by atoms with E-state index in [0.717, 1.165) is 30.9 Å². The molecular weight excluding hydrogens is 270 g/mol. The molecule has 0 spiro atoms. The molecule has 0 bridgehead atoms. The van der Waals surface area contributed by atoms with E-state index in [9.17, 15) is 0 Å². The quantitative estimate of drug-likeness (QED) is 0.454. The van der Waals surface area contributed by atoms with Crippen molar-refractivity contribution >= 4 is 11.6 Å². The normalized spacial score (nSPS) is 18.7. The van der Waals surface area contributed by atoms with E-state index in [1.165, 1.54) is 0 Å². The van der Waals surface area contributed by atoms with E-state index in [1.807, 2.05) is 24.3 Å². The fraction of sp³-hybridized carbons (Fsp3) is 0.533. The van der Waals surface area contributed by atoms with Gasteiger partial charge in [0.05, 0.1) is 25.5 Å². The Morgan fingerprint density at radius 2 is 2.33 bits per heavy atom. The number of nitrogens with one attached hydrogen (secondary N) is 1. The van der Waals surface area contributed by atoms with Crippen LogP contribution in [0.5, 0.6) is 5.75 Å². The summed E-state index contributed by atoms with van der Waals surface area (Å²) in [5.41, 5.74) is 6.66. The van der Waals surface area contributed by atoms with Gasteiger partial charge < -0.3 is 25.3 Å². The second-order valence-corrected chi connectivity index (χ2v) is 4.80. The molecule has 1 aliphatic heterocycles. The first-order valence-electron chi connectivity index (χ1n) is 7.19. The van der Waals surface area contributed by atoms with Crippen molar-refractivity contribution in [3.05, 3.63) is 24.3 Å². The fourth-order valence-corrected chi connectivity index (χ4v) is 2.08. The summed E-state index contributed by atoms with van der Waals surface area (Å²) in [4.78, 5) is 4.28. The molecule has 116 valence electrons. The van der Waals surface area contributed by atoms with Gasteiger partial charge in [0.15, 0.2) is 5.96 Å². The summed E-state index contributed by atoms with van der Waals surface area (Å²) < 4.78 is 16.2. The first-order valence-corrected chi connectivity index (χ1v) is 7.19. The summed E-state index contributed by atoms with van der Waals surface area (Å²) in [6.45, 7) is 2.82. The monoisotopic (exact) mass is 293 g/mol. The van der Waals surface area contributed by atoms with E-state index >= 15 is 0 Å². The van der Waals surface area contributed by atoms with Gasteiger partial charge in [-0.2, -0.15) is 0 Å². The zero-order chi connectivity index (χ0) is 14.9. The van der Waals surface area contributed by atoms with Gasteiger partial charge in [-0.05, 0) is 25.0 Å². The highest BCUT2D eigenvalue weighted by atomic mass is 16.5. The van der Waals surface area contributed by atoms with Crippen LogP contribution in [0.1, 0.15) is 12.8 Å². The largest absolute Gasteiger partial charge is 0.495 e. The van der Waals surface area contributed by atoms with Gasteiger partial charge in [0.2, 0.25) is 0 Å². The zero-order valence-corrected chi connectivity index (χ0v) is 12.4. The van der Waals surface area contributed by atoms with E-state index < -0.39 is 0 Å². The molecule has 1 fully saturated rings. The third-order valence-corrected chi connectivity index (χ3v) is 3.20. The number of hydrogen-bond donors (Lipinski definition) is 2. The number of anilines is 1. The number of methoxy groups -OCH3 is 1. The molecule has 1 aliphatic rings. The van der Waals surface area contributed by atoms with Gasteiger partial charge in [0, 0.05) is 19.8 Å². The molecule has 6 heteroatoms. The highest BCUT2D eigenvalue weighted by Crippen LogP contribution is 2.22. The lowest BCUT2D eigenvalue weighted by Crippen LogP contribution is -2.23. The van der Waals surface area contributed by atoms with E-state index in [1.54, 1.807) is 7.11 Å². The van der Waals surface area contributed by atoms with Crippen molar-refractivity contribution in [2.75, 3.05) is 38.8 Å². The second-order valence-electron chi connectivity index (χ2n) is 4.80. The summed E-state index contributed by atoms with van der Waals surface area (Å²) in [6, 6.07) is 7.58. The van der Waals surface area contributed by atoms with Crippen LogP contribution in [0.4, 0.5) is 5.69 Å². The maximum Gasteiger partial charge on any atom is 0.193 e. The van der Waals surface area contributed by atoms with Crippen LogP contribution in [0.15, 0.2) is 29.3 Å². The third kappa shape index (κ3) is 5.24. The van der Waals surface area contributed by atoms with E-state index in [4.69, 9.17) is 19.9 Å². The molecule has 2 rings (SSSR count). The number of ether oxygens (including phenoxy) is 3. The highest BCUT2D eigenvalue weighted by molar-refractivity contribution is 5.93. The van der Waals surface area contributed by atoms with Gasteiger partial charge in [-0.25, -0.2) is 0 Å². The topological polar surface area (TPSA) is 78.1 Å². The van der Waals surface area contributed by atoms with Crippen molar-refractivity contribution in [1.29, 1.82) is 0 Å². The molecule has 1 aromatic carbocycles. The number of benzene rings is 1. The molecule has 1 unspecified atom stereocenters. The van der Waals surface area contributed by atoms with Crippen LogP contribution in [-0.2, 0) is 9.47 Å². The minimum Gasteiger partial charge on any atom is -0.495 e. The standard InChI is InChI=1S/C15H23N3O3/c1-19-14-6-3-2-5-13(14)18-15(16)17-8-4-9-21-12-7-10-20-11-12/h2-3,5-6,12H,4,7-11H2,1H3,(H3,16,17,18). The van der Waals surface area contributed by atoms with Crippen molar-refractivity contribution < 1.29 is 14.2 Å². The Labute approximate surface area is 125 Å². The molecule has 1 heterocycles. The maximum absolute atomic E-state index is 5.86. The number of nitrogens with two attached hydrogens (primary N) is 1. The predicted octanol–water partition coefficient (Wildman–Crippen LogP) is 1.62. The molecule has 0 saturated carbocycles. The number of para-hydroxylation sites is 2. The van der Waals surface area contributed by atoms with E-state index in [2.05, 4.69) is 10.3 Å². The SMILES string of the molecule is COc1ccccc1NC(N)=NCCCOC1CCOC1. The molecule has 3 N–H and O–H groups in total. The van der Waals surface area contributed by atoms with Gasteiger partial charge >= 0.3 is 0 Å². The van der Waals surface area contributed by atoms with Crippen LogP contribution in [0.2, 0.25) is 0 Å². The Hall–Kier alpha value is -1.79. The Morgan fingerprint density at radius 1 is 1.48 bits per heavy atom. The molecule has 0 aliphatic carbocycles. The molecule has 0 amide bonds. The fourth-order valence-electron chi connectivity index (χ4n) is 2.08. The molecule has 0 radical (unpaired) electrons. The average molecular weight is 293 g/mol. The van der Waals surface area contributed by atoms with Crippen molar-refractivity contribution in [3.8, 4) is 5.75 Å². The van der Waals surface area contributed by atoms with E-state index in [-0.39, 0.29) is 6.10 Å². The molecule has 1 saturated heterocycles. The van der Waals surface area contributed by atoms with Crippen molar-refractivity contribution in [2.24, 2.45) is 10.7 Å². The van der Waals surface area contributed by atoms with Crippen molar-refractivity contribution in [2.45, 2.75) is 18.9 Å². The van der Waals surface area contributed by atoms with Crippen LogP contribution < -0.4 is 15.8 Å². The van der Waals surface area contributed by atoms with E-state index in [0.29, 0.717) is 25.7 Å². The lowest BCUT2D eigenvalue weighted by atomic mass is 10.3. The molecule has 1 aromatic rings. The van der Waals surface area contributed by atoms with Gasteiger partial charge in [-0.1, -0.05) is 12.1 Å². The molecule has 6 nitrogen and oxygen atoms in total. The van der Waals surface area contributed by atoms with Gasteiger partial charge in [0.25, 0.3) is 0 Å². The van der Waals surface area contributed by atoms with Crippen LogP contribution in [0.25, 0.3) is 0 Å². The Kier molecular flexibility index (Phi) is 6.30. The van der Waals surface area contributed by atoms with Crippen molar-refractivity contribution in [3.63, 3.8) is 0 Å². The second kappa shape index (κ2) is 8.49. The van der Waals surface area contributed by atoms with Gasteiger partial charge in [0.1, 0.15) is 5.75 Å². The number of guanidine groups is 1. The summed E-state index contributed by atoms with van der Waals surface area (Å²) in [7, 11) is 1.62. The first-order chi connectivity index (χ1) is 10.3. The zero-order valence-electron chi connectivity index (χ0n) is 12.4. The lowest BCUT2D eigenvalue weighted by molar-refractivity contribution is 0.0424. The molecule has 1 atom stereocenters. The van der Waals surface area contributed by atoms with Crippen LogP contribution >= 0.6 is 0 Å². The Morgan fingerprint density at radius 3 is 3.10 bits per heavy atom. The third-order valence-electron chi connectivity index (χ3n) is 3.20. The van der Waals surface area contributed by atoms with Crippen LogP contribution in [-0.4, -0.2) is 45.5 Å². The number of rotatable bonds is 7. The smallest absolute Gasteiger partial charge is 0.193 e. The van der Waals surface area contributed by atoms with Crippen LogP contribution in [0, 0.1) is 0 Å². The number of nitrogens with zero attached hydrogens (tertiary/aromatic N) is 1. The highest BCUT2D eigenvalue weighted by Gasteiger charge is 2.15. The lowest BCUT2D eigenvalue weighted by Gasteiger charge is -2.10. The molecule has 0 aromatic heterocycles. The Bertz CT molecular complexity index is 459. The average Bonchev–Trinajstić information content (AvgIpc) is 3.01. The summed E-state index contributed by atoms with van der Waals surface area (Å²) >= 11 is 0. The van der Waals surface area contributed by atoms with Crippen LogP contribution in [0.3, 0.4) is 0 Å².